The third-order valence-corrected chi connectivity index (χ3v) is 6.12. The van der Waals surface area contributed by atoms with Gasteiger partial charge in [-0.05, 0) is 50.1 Å². The minimum absolute atomic E-state index is 0.0931. The highest BCUT2D eigenvalue weighted by molar-refractivity contribution is 6.46. The average Bonchev–Trinajstić information content (AvgIpc) is 3.08. The number of ketones is 1. The second-order valence-electron chi connectivity index (χ2n) is 8.38. The van der Waals surface area contributed by atoms with Gasteiger partial charge in [0, 0.05) is 25.3 Å². The van der Waals surface area contributed by atoms with Crippen LogP contribution in [0.2, 0.25) is 10.0 Å². The molecule has 1 unspecified atom stereocenters. The number of carbonyl (C=O) groups is 2. The van der Waals surface area contributed by atoms with Crippen LogP contribution in [0, 0.1) is 0 Å². The maximum Gasteiger partial charge on any atom is 0.295 e. The molecule has 194 valence electrons. The van der Waals surface area contributed by atoms with Crippen molar-refractivity contribution in [3.8, 4) is 17.2 Å². The first-order valence-corrected chi connectivity index (χ1v) is 12.1. The van der Waals surface area contributed by atoms with Gasteiger partial charge in [-0.25, -0.2) is 0 Å². The molecule has 0 aliphatic carbocycles. The summed E-state index contributed by atoms with van der Waals surface area (Å²) in [5.74, 6) is -0.972. The number of aliphatic hydroxyl groups excluding tert-OH is 1. The molecule has 0 spiro atoms. The molecule has 10 heteroatoms. The second kappa shape index (κ2) is 11.9. The largest absolute Gasteiger partial charge is 0.507 e. The first kappa shape index (κ1) is 27.6. The molecular weight excluding hydrogens is 509 g/mol. The highest BCUT2D eigenvalue weighted by Crippen LogP contribution is 2.44. The number of benzene rings is 2. The lowest BCUT2D eigenvalue weighted by molar-refractivity contribution is -0.140. The van der Waals surface area contributed by atoms with Gasteiger partial charge in [-0.2, -0.15) is 0 Å². The van der Waals surface area contributed by atoms with Crippen LogP contribution >= 0.6 is 23.2 Å². The van der Waals surface area contributed by atoms with E-state index >= 15 is 0 Å². The van der Waals surface area contributed by atoms with Crippen LogP contribution in [0.5, 0.6) is 17.2 Å². The van der Waals surface area contributed by atoms with Crippen LogP contribution in [-0.2, 0) is 14.3 Å². The number of Topliss-reactive ketones (excluding diaryl/α,β-unsaturated/α-hetero) is 1. The van der Waals surface area contributed by atoms with Crippen molar-refractivity contribution in [2.24, 2.45) is 0 Å². The standard InChI is InChI=1S/C26H29Cl2NO7/c1-14(2)36-19-8-7-15(11-20(19)34-4)22-21(24(31)26(32)29(22)9-6-10-33-3)23(30)17-12-16(27)13-18(28)25(17)35-5/h7-8,11-14,22,30H,6,9-10H2,1-5H3/b23-21+. The Hall–Kier alpha value is -2.94. The molecule has 1 atom stereocenters. The Morgan fingerprint density at radius 1 is 1.06 bits per heavy atom. The number of aliphatic hydroxyl groups is 1. The molecule has 1 N–H and O–H groups in total. The van der Waals surface area contributed by atoms with Crippen molar-refractivity contribution in [3.05, 3.63) is 57.1 Å². The number of halogens is 2. The number of hydrogen-bond acceptors (Lipinski definition) is 7. The van der Waals surface area contributed by atoms with Gasteiger partial charge >= 0.3 is 0 Å². The molecule has 1 heterocycles. The summed E-state index contributed by atoms with van der Waals surface area (Å²) in [6, 6.07) is 7.10. The second-order valence-corrected chi connectivity index (χ2v) is 9.23. The van der Waals surface area contributed by atoms with E-state index in [1.165, 1.54) is 31.3 Å². The number of carbonyl (C=O) groups excluding carboxylic acids is 2. The van der Waals surface area contributed by atoms with Crippen LogP contribution in [0.1, 0.15) is 37.4 Å². The molecule has 1 fully saturated rings. The van der Waals surface area contributed by atoms with Crippen molar-refractivity contribution in [3.63, 3.8) is 0 Å². The minimum atomic E-state index is -0.911. The number of ether oxygens (including phenoxy) is 4. The predicted octanol–water partition coefficient (Wildman–Crippen LogP) is 5.26. The van der Waals surface area contributed by atoms with E-state index in [0.29, 0.717) is 30.1 Å². The van der Waals surface area contributed by atoms with Crippen LogP contribution < -0.4 is 14.2 Å². The molecule has 1 aliphatic heterocycles. The van der Waals surface area contributed by atoms with Gasteiger partial charge < -0.3 is 29.0 Å². The van der Waals surface area contributed by atoms with Gasteiger partial charge in [0.25, 0.3) is 11.7 Å². The summed E-state index contributed by atoms with van der Waals surface area (Å²) in [5, 5.41) is 11.8. The van der Waals surface area contributed by atoms with Crippen LogP contribution in [-0.4, -0.2) is 62.3 Å². The van der Waals surface area contributed by atoms with Gasteiger partial charge in [0.05, 0.1) is 42.5 Å². The van der Waals surface area contributed by atoms with E-state index in [2.05, 4.69) is 0 Å². The van der Waals surface area contributed by atoms with E-state index in [1.807, 2.05) is 13.8 Å². The predicted molar refractivity (Wildman–Crippen MR) is 137 cm³/mol. The summed E-state index contributed by atoms with van der Waals surface area (Å²) in [7, 11) is 4.44. The summed E-state index contributed by atoms with van der Waals surface area (Å²) in [6.45, 7) is 4.39. The number of likely N-dealkylation sites (tertiary alicyclic amines) is 1. The lowest BCUT2D eigenvalue weighted by Gasteiger charge is -2.26. The van der Waals surface area contributed by atoms with Crippen molar-refractivity contribution < 1.29 is 33.6 Å². The van der Waals surface area contributed by atoms with Gasteiger partial charge in [0.1, 0.15) is 11.5 Å². The normalized spacial score (nSPS) is 17.1. The first-order chi connectivity index (χ1) is 17.1. The SMILES string of the molecule is COCCCN1C(=O)C(=O)/C(=C(/O)c2cc(Cl)cc(Cl)c2OC)C1c1ccc(OC(C)C)c(OC)c1. The van der Waals surface area contributed by atoms with Crippen molar-refractivity contribution in [1.29, 1.82) is 0 Å². The molecule has 0 bridgehead atoms. The van der Waals surface area contributed by atoms with Gasteiger partial charge in [0.2, 0.25) is 0 Å². The molecule has 2 aromatic rings. The Balaban J connectivity index is 2.24. The Morgan fingerprint density at radius 3 is 2.39 bits per heavy atom. The zero-order valence-electron chi connectivity index (χ0n) is 20.8. The molecule has 1 aliphatic rings. The van der Waals surface area contributed by atoms with Crippen LogP contribution in [0.15, 0.2) is 35.9 Å². The smallest absolute Gasteiger partial charge is 0.295 e. The van der Waals surface area contributed by atoms with Crippen LogP contribution in [0.25, 0.3) is 5.76 Å². The van der Waals surface area contributed by atoms with Gasteiger partial charge in [-0.1, -0.05) is 29.3 Å². The first-order valence-electron chi connectivity index (χ1n) is 11.3. The Bertz CT molecular complexity index is 1180. The number of hydrogen-bond donors (Lipinski definition) is 1. The highest BCUT2D eigenvalue weighted by Gasteiger charge is 2.46. The zero-order valence-corrected chi connectivity index (χ0v) is 22.3. The molecule has 0 aromatic heterocycles. The molecule has 0 saturated carbocycles. The summed E-state index contributed by atoms with van der Waals surface area (Å²) < 4.78 is 21.8. The molecule has 2 aromatic carbocycles. The maximum atomic E-state index is 13.3. The Kier molecular flexibility index (Phi) is 9.11. The fraction of sp³-hybridized carbons (Fsp3) is 0.385. The number of rotatable bonds is 10. The van der Waals surface area contributed by atoms with Crippen molar-refractivity contribution in [1.82, 2.24) is 4.90 Å². The van der Waals surface area contributed by atoms with E-state index in [9.17, 15) is 14.7 Å². The van der Waals surface area contributed by atoms with Crippen molar-refractivity contribution in [2.75, 3.05) is 34.5 Å². The lowest BCUT2D eigenvalue weighted by Crippen LogP contribution is -2.31. The maximum absolute atomic E-state index is 13.3. The quantitative estimate of drug-likeness (QED) is 0.191. The minimum Gasteiger partial charge on any atom is -0.507 e. The molecule has 36 heavy (non-hydrogen) atoms. The molecule has 0 radical (unpaired) electrons. The third-order valence-electron chi connectivity index (χ3n) is 5.62. The van der Waals surface area contributed by atoms with Gasteiger partial charge in [0.15, 0.2) is 11.5 Å². The topological polar surface area (TPSA) is 94.5 Å². The third kappa shape index (κ3) is 5.56. The summed E-state index contributed by atoms with van der Waals surface area (Å²) in [4.78, 5) is 27.8. The molecule has 8 nitrogen and oxygen atoms in total. The fourth-order valence-electron chi connectivity index (χ4n) is 4.13. The number of methoxy groups -OCH3 is 3. The average molecular weight is 538 g/mol. The van der Waals surface area contributed by atoms with E-state index in [-0.39, 0.29) is 39.6 Å². The zero-order chi connectivity index (χ0) is 26.6. The van der Waals surface area contributed by atoms with Gasteiger partial charge in [-0.3, -0.25) is 9.59 Å². The van der Waals surface area contributed by atoms with Crippen LogP contribution in [0.3, 0.4) is 0 Å². The van der Waals surface area contributed by atoms with E-state index < -0.39 is 23.5 Å². The van der Waals surface area contributed by atoms with E-state index in [4.69, 9.17) is 42.1 Å². The summed E-state index contributed by atoms with van der Waals surface area (Å²) >= 11 is 12.4. The lowest BCUT2D eigenvalue weighted by atomic mass is 9.94. The van der Waals surface area contributed by atoms with Crippen molar-refractivity contribution in [2.45, 2.75) is 32.4 Å². The van der Waals surface area contributed by atoms with Crippen molar-refractivity contribution >= 4 is 40.7 Å². The van der Waals surface area contributed by atoms with E-state index in [1.54, 1.807) is 25.3 Å². The molecule has 1 amide bonds. The van der Waals surface area contributed by atoms with Crippen LogP contribution in [0.4, 0.5) is 0 Å². The number of nitrogens with zero attached hydrogens (tertiary/aromatic N) is 1. The van der Waals surface area contributed by atoms with E-state index in [0.717, 1.165) is 0 Å². The summed E-state index contributed by atoms with van der Waals surface area (Å²) in [6.07, 6.45) is 0.391. The van der Waals surface area contributed by atoms with Gasteiger partial charge in [-0.15, -0.1) is 0 Å². The summed E-state index contributed by atoms with van der Waals surface area (Å²) in [5.41, 5.74) is 0.531. The molecule has 3 rings (SSSR count). The highest BCUT2D eigenvalue weighted by atomic mass is 35.5. The number of amides is 1. The fourth-order valence-corrected chi connectivity index (χ4v) is 4.70. The Morgan fingerprint density at radius 2 is 1.78 bits per heavy atom. The Labute approximate surface area is 220 Å². The monoisotopic (exact) mass is 537 g/mol. The molecule has 1 saturated heterocycles. The molecular formula is C26H29Cl2NO7.